The highest BCUT2D eigenvalue weighted by Gasteiger charge is 2.14. The van der Waals surface area contributed by atoms with Crippen LogP contribution in [0.25, 0.3) is 0 Å². The highest BCUT2D eigenvalue weighted by Crippen LogP contribution is 2.16. The predicted molar refractivity (Wildman–Crippen MR) is 72.2 cm³/mol. The van der Waals surface area contributed by atoms with Gasteiger partial charge in [-0.15, -0.1) is 0 Å². The zero-order chi connectivity index (χ0) is 14.3. The first kappa shape index (κ1) is 15.0. The highest BCUT2D eigenvalue weighted by atomic mass is 16.5. The average Bonchev–Trinajstić information content (AvgIpc) is 2.37. The van der Waals surface area contributed by atoms with Crippen LogP contribution in [0.4, 0.5) is 10.5 Å². The summed E-state index contributed by atoms with van der Waals surface area (Å²) < 4.78 is 9.92. The van der Waals surface area contributed by atoms with Gasteiger partial charge in [-0.1, -0.05) is 26.0 Å². The van der Waals surface area contributed by atoms with Gasteiger partial charge in [-0.05, 0) is 25.0 Å². The van der Waals surface area contributed by atoms with Crippen molar-refractivity contribution in [2.45, 2.75) is 20.8 Å². The molecule has 0 aliphatic rings. The third kappa shape index (κ3) is 4.99. The zero-order valence-corrected chi connectivity index (χ0v) is 11.4. The fourth-order valence-electron chi connectivity index (χ4n) is 1.37. The van der Waals surface area contributed by atoms with E-state index in [4.69, 9.17) is 9.47 Å². The number of nitrogens with one attached hydrogen (secondary N) is 1. The highest BCUT2D eigenvalue weighted by molar-refractivity contribution is 5.99. The van der Waals surface area contributed by atoms with Gasteiger partial charge in [0.15, 0.2) is 0 Å². The Hall–Kier alpha value is -2.04. The van der Waals surface area contributed by atoms with Crippen LogP contribution < -0.4 is 5.32 Å². The Labute approximate surface area is 112 Å². The maximum absolute atomic E-state index is 11.7. The molecule has 104 valence electrons. The van der Waals surface area contributed by atoms with Crippen molar-refractivity contribution in [1.29, 1.82) is 0 Å². The summed E-state index contributed by atoms with van der Waals surface area (Å²) in [6, 6.07) is 6.65. The fraction of sp³-hybridized carbons (Fsp3) is 0.429. The number of ether oxygens (including phenoxy) is 2. The molecule has 5 nitrogen and oxygen atoms in total. The number of hydrogen-bond acceptors (Lipinski definition) is 4. The van der Waals surface area contributed by atoms with Crippen molar-refractivity contribution >= 4 is 17.7 Å². The minimum absolute atomic E-state index is 0.256. The van der Waals surface area contributed by atoms with E-state index in [2.05, 4.69) is 5.32 Å². The van der Waals surface area contributed by atoms with E-state index in [1.165, 1.54) is 0 Å². The number of esters is 1. The molecule has 0 spiro atoms. The number of carbonyl (C=O) groups is 2. The van der Waals surface area contributed by atoms with Crippen LogP contribution in [0.15, 0.2) is 24.3 Å². The second-order valence-electron chi connectivity index (χ2n) is 4.38. The van der Waals surface area contributed by atoms with Crippen LogP contribution in [0, 0.1) is 5.92 Å². The third-order valence-corrected chi connectivity index (χ3v) is 2.21. The van der Waals surface area contributed by atoms with Gasteiger partial charge in [0.2, 0.25) is 0 Å². The molecular weight excluding hydrogens is 246 g/mol. The number of para-hydroxylation sites is 1. The van der Waals surface area contributed by atoms with E-state index in [0.29, 0.717) is 17.9 Å². The van der Waals surface area contributed by atoms with Gasteiger partial charge in [-0.3, -0.25) is 5.32 Å². The summed E-state index contributed by atoms with van der Waals surface area (Å²) in [4.78, 5) is 23.3. The Morgan fingerprint density at radius 2 is 1.89 bits per heavy atom. The normalized spacial score (nSPS) is 10.1. The minimum Gasteiger partial charge on any atom is -0.462 e. The lowest BCUT2D eigenvalue weighted by Crippen LogP contribution is -2.18. The molecule has 0 radical (unpaired) electrons. The van der Waals surface area contributed by atoms with Crippen LogP contribution in [0.1, 0.15) is 31.1 Å². The standard InChI is InChI=1S/C14H19NO4/c1-4-18-13(16)11-7-5-6-8-12(11)15-14(17)19-9-10(2)3/h5-8,10H,4,9H2,1-3H3,(H,15,17). The number of benzene rings is 1. The van der Waals surface area contributed by atoms with Crippen molar-refractivity contribution in [1.82, 2.24) is 0 Å². The molecule has 0 heterocycles. The number of anilines is 1. The van der Waals surface area contributed by atoms with E-state index in [9.17, 15) is 9.59 Å². The van der Waals surface area contributed by atoms with Gasteiger partial charge < -0.3 is 9.47 Å². The molecule has 1 rings (SSSR count). The van der Waals surface area contributed by atoms with E-state index in [1.807, 2.05) is 13.8 Å². The maximum Gasteiger partial charge on any atom is 0.411 e. The molecule has 1 N–H and O–H groups in total. The van der Waals surface area contributed by atoms with Crippen molar-refractivity contribution < 1.29 is 19.1 Å². The fourth-order valence-corrected chi connectivity index (χ4v) is 1.37. The smallest absolute Gasteiger partial charge is 0.411 e. The molecule has 1 aromatic carbocycles. The van der Waals surface area contributed by atoms with Crippen molar-refractivity contribution in [3.05, 3.63) is 29.8 Å². The summed E-state index contributed by atoms with van der Waals surface area (Å²) >= 11 is 0. The summed E-state index contributed by atoms with van der Waals surface area (Å²) in [7, 11) is 0. The van der Waals surface area contributed by atoms with Gasteiger partial charge in [0.05, 0.1) is 24.5 Å². The van der Waals surface area contributed by atoms with E-state index in [0.717, 1.165) is 0 Å². The van der Waals surface area contributed by atoms with Crippen LogP contribution in [0.3, 0.4) is 0 Å². The van der Waals surface area contributed by atoms with Crippen molar-refractivity contribution in [2.75, 3.05) is 18.5 Å². The Balaban J connectivity index is 2.72. The van der Waals surface area contributed by atoms with E-state index >= 15 is 0 Å². The molecule has 0 saturated carbocycles. The average molecular weight is 265 g/mol. The molecule has 0 aromatic heterocycles. The first-order valence-electron chi connectivity index (χ1n) is 6.24. The minimum atomic E-state index is -0.578. The van der Waals surface area contributed by atoms with Gasteiger partial charge in [0.1, 0.15) is 0 Å². The lowest BCUT2D eigenvalue weighted by Gasteiger charge is -2.11. The lowest BCUT2D eigenvalue weighted by atomic mass is 10.2. The lowest BCUT2D eigenvalue weighted by molar-refractivity contribution is 0.0527. The topological polar surface area (TPSA) is 64.6 Å². The molecule has 1 amide bonds. The summed E-state index contributed by atoms with van der Waals surface area (Å²) in [6.45, 7) is 6.23. The molecule has 0 aliphatic carbocycles. The molecule has 0 unspecified atom stereocenters. The second-order valence-corrected chi connectivity index (χ2v) is 4.38. The summed E-state index contributed by atoms with van der Waals surface area (Å²) in [6.07, 6.45) is -0.578. The molecule has 0 bridgehead atoms. The number of amides is 1. The monoisotopic (exact) mass is 265 g/mol. The van der Waals surface area contributed by atoms with Gasteiger partial charge in [0, 0.05) is 0 Å². The molecular formula is C14H19NO4. The van der Waals surface area contributed by atoms with E-state index in [1.54, 1.807) is 31.2 Å². The number of hydrogen-bond donors (Lipinski definition) is 1. The summed E-state index contributed by atoms with van der Waals surface area (Å²) in [5.41, 5.74) is 0.695. The summed E-state index contributed by atoms with van der Waals surface area (Å²) in [5, 5.41) is 2.54. The molecule has 1 aromatic rings. The quantitative estimate of drug-likeness (QED) is 0.831. The van der Waals surface area contributed by atoms with Gasteiger partial charge >= 0.3 is 12.1 Å². The second kappa shape index (κ2) is 7.41. The van der Waals surface area contributed by atoms with E-state index < -0.39 is 12.1 Å². The Bertz CT molecular complexity index is 443. The van der Waals surface area contributed by atoms with E-state index in [-0.39, 0.29) is 12.5 Å². The predicted octanol–water partition coefficient (Wildman–Crippen LogP) is 3.07. The third-order valence-electron chi connectivity index (χ3n) is 2.21. The largest absolute Gasteiger partial charge is 0.462 e. The number of carbonyl (C=O) groups excluding carboxylic acids is 2. The van der Waals surface area contributed by atoms with Gasteiger partial charge in [-0.25, -0.2) is 9.59 Å². The van der Waals surface area contributed by atoms with Gasteiger partial charge in [0.25, 0.3) is 0 Å². The molecule has 0 saturated heterocycles. The maximum atomic E-state index is 11.7. The molecule has 5 heteroatoms. The van der Waals surface area contributed by atoms with Crippen LogP contribution in [0.2, 0.25) is 0 Å². The summed E-state index contributed by atoms with van der Waals surface area (Å²) in [5.74, 6) is -0.215. The molecule has 0 atom stereocenters. The van der Waals surface area contributed by atoms with Crippen molar-refractivity contribution in [2.24, 2.45) is 5.92 Å². The first-order valence-corrected chi connectivity index (χ1v) is 6.24. The number of rotatable bonds is 5. The van der Waals surface area contributed by atoms with Crippen LogP contribution in [0.5, 0.6) is 0 Å². The Morgan fingerprint density at radius 3 is 2.53 bits per heavy atom. The molecule has 19 heavy (non-hydrogen) atoms. The first-order chi connectivity index (χ1) is 9.04. The molecule has 0 aliphatic heterocycles. The zero-order valence-electron chi connectivity index (χ0n) is 11.4. The Kier molecular flexibility index (Phi) is 5.85. The molecule has 0 fully saturated rings. The van der Waals surface area contributed by atoms with Crippen molar-refractivity contribution in [3.63, 3.8) is 0 Å². The Morgan fingerprint density at radius 1 is 1.21 bits per heavy atom. The van der Waals surface area contributed by atoms with Crippen LogP contribution in [-0.2, 0) is 9.47 Å². The van der Waals surface area contributed by atoms with Gasteiger partial charge in [-0.2, -0.15) is 0 Å². The van der Waals surface area contributed by atoms with Crippen LogP contribution >= 0.6 is 0 Å². The van der Waals surface area contributed by atoms with Crippen molar-refractivity contribution in [3.8, 4) is 0 Å². The SMILES string of the molecule is CCOC(=O)c1ccccc1NC(=O)OCC(C)C. The van der Waals surface area contributed by atoms with Crippen LogP contribution in [-0.4, -0.2) is 25.3 Å².